The van der Waals surface area contributed by atoms with Crippen molar-refractivity contribution in [3.8, 4) is 0 Å². The Morgan fingerprint density at radius 3 is 2.67 bits per heavy atom. The van der Waals surface area contributed by atoms with Gasteiger partial charge in [-0.15, -0.1) is 0 Å². The molecule has 1 aromatic carbocycles. The predicted molar refractivity (Wildman–Crippen MR) is 69.9 cm³/mol. The van der Waals surface area contributed by atoms with Gasteiger partial charge in [-0.2, -0.15) is 5.10 Å². The zero-order valence-corrected chi connectivity index (χ0v) is 11.1. The van der Waals surface area contributed by atoms with Crippen LogP contribution in [-0.4, -0.2) is 9.78 Å². The van der Waals surface area contributed by atoms with Crippen molar-refractivity contribution in [2.45, 2.75) is 20.0 Å². The second-order valence-corrected chi connectivity index (χ2v) is 4.69. The summed E-state index contributed by atoms with van der Waals surface area (Å²) in [4.78, 5) is 0. The monoisotopic (exact) mass is 267 g/mol. The van der Waals surface area contributed by atoms with Gasteiger partial charge >= 0.3 is 0 Å². The van der Waals surface area contributed by atoms with Crippen molar-refractivity contribution in [3.05, 3.63) is 52.1 Å². The van der Waals surface area contributed by atoms with Crippen molar-refractivity contribution < 1.29 is 4.39 Å². The van der Waals surface area contributed by atoms with Crippen molar-refractivity contribution in [1.29, 1.82) is 0 Å². The van der Waals surface area contributed by atoms with Gasteiger partial charge in [0, 0.05) is 42.5 Å². The van der Waals surface area contributed by atoms with Gasteiger partial charge in [0.15, 0.2) is 0 Å². The van der Waals surface area contributed by atoms with E-state index in [4.69, 9.17) is 11.6 Å². The second-order valence-electron chi connectivity index (χ2n) is 4.25. The maximum atomic E-state index is 13.5. The summed E-state index contributed by atoms with van der Waals surface area (Å²) in [6.45, 7) is 3.10. The van der Waals surface area contributed by atoms with Crippen LogP contribution < -0.4 is 5.32 Å². The Kier molecular flexibility index (Phi) is 3.99. The van der Waals surface area contributed by atoms with Gasteiger partial charge in [0.1, 0.15) is 5.82 Å². The molecule has 2 rings (SSSR count). The van der Waals surface area contributed by atoms with Crippen molar-refractivity contribution in [2.24, 2.45) is 7.05 Å². The largest absolute Gasteiger partial charge is 0.308 e. The molecule has 5 heteroatoms. The van der Waals surface area contributed by atoms with Crippen LogP contribution in [0.25, 0.3) is 0 Å². The maximum Gasteiger partial charge on any atom is 0.129 e. The summed E-state index contributed by atoms with van der Waals surface area (Å²) in [6.07, 6.45) is 1.96. The van der Waals surface area contributed by atoms with Gasteiger partial charge in [0.25, 0.3) is 0 Å². The first-order valence-electron chi connectivity index (χ1n) is 5.70. The molecule has 18 heavy (non-hydrogen) atoms. The summed E-state index contributed by atoms with van der Waals surface area (Å²) in [7, 11) is 1.88. The van der Waals surface area contributed by atoms with Crippen LogP contribution in [0.2, 0.25) is 5.02 Å². The quantitative estimate of drug-likeness (QED) is 0.923. The Morgan fingerprint density at radius 1 is 1.33 bits per heavy atom. The van der Waals surface area contributed by atoms with E-state index in [1.807, 2.05) is 20.2 Å². The highest BCUT2D eigenvalue weighted by atomic mass is 35.5. The molecule has 3 nitrogen and oxygen atoms in total. The van der Waals surface area contributed by atoms with Crippen LogP contribution in [0.3, 0.4) is 0 Å². The fourth-order valence-corrected chi connectivity index (χ4v) is 1.98. The number of hydrogen-bond acceptors (Lipinski definition) is 2. The van der Waals surface area contributed by atoms with Gasteiger partial charge in [0.2, 0.25) is 0 Å². The highest BCUT2D eigenvalue weighted by Crippen LogP contribution is 2.14. The van der Waals surface area contributed by atoms with E-state index in [9.17, 15) is 4.39 Å². The minimum absolute atomic E-state index is 0.280. The summed E-state index contributed by atoms with van der Waals surface area (Å²) in [5.74, 6) is -0.280. The maximum absolute atomic E-state index is 13.5. The fourth-order valence-electron chi connectivity index (χ4n) is 1.82. The molecule has 0 aliphatic carbocycles. The lowest BCUT2D eigenvalue weighted by atomic mass is 10.2. The molecule has 0 saturated carbocycles. The molecule has 2 aromatic rings. The third-order valence-electron chi connectivity index (χ3n) is 2.76. The van der Waals surface area contributed by atoms with Crippen molar-refractivity contribution >= 4 is 11.6 Å². The van der Waals surface area contributed by atoms with Gasteiger partial charge in [-0.05, 0) is 19.1 Å². The summed E-state index contributed by atoms with van der Waals surface area (Å²) in [5, 5.41) is 7.86. The van der Waals surface area contributed by atoms with Crippen molar-refractivity contribution in [1.82, 2.24) is 15.1 Å². The van der Waals surface area contributed by atoms with Gasteiger partial charge in [-0.3, -0.25) is 4.68 Å². The number of halogens is 2. The van der Waals surface area contributed by atoms with Gasteiger partial charge < -0.3 is 5.32 Å². The predicted octanol–water partition coefficient (Wildman–Crippen LogP) is 2.81. The van der Waals surface area contributed by atoms with Crippen LogP contribution in [0, 0.1) is 12.7 Å². The van der Waals surface area contributed by atoms with E-state index in [1.54, 1.807) is 16.8 Å². The zero-order chi connectivity index (χ0) is 13.1. The van der Waals surface area contributed by atoms with Gasteiger partial charge in [-0.25, -0.2) is 4.39 Å². The molecule has 0 radical (unpaired) electrons. The number of aryl methyl sites for hydroxylation is 2. The standard InChI is InChI=1S/C13H15ClFN3/c1-9-11(8-18(2)17-9)7-16-6-10-3-4-12(14)5-13(10)15/h3-5,8,16H,6-7H2,1-2H3. The lowest BCUT2D eigenvalue weighted by Gasteiger charge is -2.05. The lowest BCUT2D eigenvalue weighted by Crippen LogP contribution is -2.14. The first kappa shape index (κ1) is 13.1. The van der Waals surface area contributed by atoms with Crippen LogP contribution >= 0.6 is 11.6 Å². The molecule has 0 amide bonds. The molecule has 0 aliphatic heterocycles. The average molecular weight is 268 g/mol. The van der Waals surface area contributed by atoms with E-state index >= 15 is 0 Å². The molecule has 96 valence electrons. The zero-order valence-electron chi connectivity index (χ0n) is 10.4. The molecule has 0 unspecified atom stereocenters. The summed E-state index contributed by atoms with van der Waals surface area (Å²) >= 11 is 5.70. The number of benzene rings is 1. The van der Waals surface area contributed by atoms with Crippen LogP contribution in [0.5, 0.6) is 0 Å². The van der Waals surface area contributed by atoms with Gasteiger partial charge in [-0.1, -0.05) is 17.7 Å². The molecular weight excluding hydrogens is 253 g/mol. The second kappa shape index (κ2) is 5.50. The number of rotatable bonds is 4. The molecule has 0 atom stereocenters. The Labute approximate surface area is 111 Å². The van der Waals surface area contributed by atoms with E-state index < -0.39 is 0 Å². The molecular formula is C13H15ClFN3. The summed E-state index contributed by atoms with van der Waals surface area (Å²) in [5.41, 5.74) is 2.72. The Balaban J connectivity index is 1.94. The number of hydrogen-bond donors (Lipinski definition) is 1. The lowest BCUT2D eigenvalue weighted by molar-refractivity contribution is 0.587. The molecule has 0 bridgehead atoms. The van der Waals surface area contributed by atoms with Crippen LogP contribution in [0.1, 0.15) is 16.8 Å². The van der Waals surface area contributed by atoms with Crippen LogP contribution in [0.15, 0.2) is 24.4 Å². The van der Waals surface area contributed by atoms with E-state index in [2.05, 4.69) is 10.4 Å². The molecule has 0 fully saturated rings. The average Bonchev–Trinajstić information content (AvgIpc) is 2.61. The molecule has 0 aliphatic rings. The van der Waals surface area contributed by atoms with Crippen LogP contribution in [-0.2, 0) is 20.1 Å². The Bertz CT molecular complexity index is 551. The SMILES string of the molecule is Cc1nn(C)cc1CNCc1ccc(Cl)cc1F. The topological polar surface area (TPSA) is 29.9 Å². The first-order valence-corrected chi connectivity index (χ1v) is 6.08. The molecule has 0 saturated heterocycles. The number of nitrogens with zero attached hydrogens (tertiary/aromatic N) is 2. The first-order chi connectivity index (χ1) is 8.56. The highest BCUT2D eigenvalue weighted by Gasteiger charge is 2.05. The molecule has 0 spiro atoms. The van der Waals surface area contributed by atoms with E-state index in [0.29, 0.717) is 23.7 Å². The fraction of sp³-hybridized carbons (Fsp3) is 0.308. The third kappa shape index (κ3) is 3.09. The smallest absolute Gasteiger partial charge is 0.129 e. The van der Waals surface area contributed by atoms with E-state index in [1.165, 1.54) is 6.07 Å². The third-order valence-corrected chi connectivity index (χ3v) is 3.00. The molecule has 1 heterocycles. The normalized spacial score (nSPS) is 10.9. The van der Waals surface area contributed by atoms with Crippen molar-refractivity contribution in [2.75, 3.05) is 0 Å². The minimum Gasteiger partial charge on any atom is -0.308 e. The summed E-state index contributed by atoms with van der Waals surface area (Å²) < 4.78 is 15.3. The molecule has 1 N–H and O–H groups in total. The number of nitrogens with one attached hydrogen (secondary N) is 1. The number of aromatic nitrogens is 2. The summed E-state index contributed by atoms with van der Waals surface area (Å²) in [6, 6.07) is 4.71. The van der Waals surface area contributed by atoms with Gasteiger partial charge in [0.05, 0.1) is 5.69 Å². The minimum atomic E-state index is -0.280. The van der Waals surface area contributed by atoms with E-state index in [0.717, 1.165) is 11.3 Å². The Hall–Kier alpha value is -1.39. The van der Waals surface area contributed by atoms with E-state index in [-0.39, 0.29) is 5.82 Å². The van der Waals surface area contributed by atoms with Crippen molar-refractivity contribution in [3.63, 3.8) is 0 Å². The molecule has 1 aromatic heterocycles. The Morgan fingerprint density at radius 2 is 2.06 bits per heavy atom. The van der Waals surface area contributed by atoms with Crippen LogP contribution in [0.4, 0.5) is 4.39 Å². The highest BCUT2D eigenvalue weighted by molar-refractivity contribution is 6.30.